The van der Waals surface area contributed by atoms with Gasteiger partial charge in [0.25, 0.3) is 0 Å². The van der Waals surface area contributed by atoms with Crippen LogP contribution in [0.4, 0.5) is 0 Å². The van der Waals surface area contributed by atoms with E-state index in [4.69, 9.17) is 18.6 Å². The van der Waals surface area contributed by atoms with Crippen LogP contribution in [0.15, 0.2) is 146 Å². The molecule has 0 unspecified atom stereocenters. The molecule has 0 radical (unpaired) electrons. The molecule has 45 heavy (non-hydrogen) atoms. The fourth-order valence-corrected chi connectivity index (χ4v) is 7.20. The zero-order valence-corrected chi connectivity index (χ0v) is 24.1. The van der Waals surface area contributed by atoms with Crippen molar-refractivity contribution in [2.24, 2.45) is 0 Å². The first-order valence-corrected chi connectivity index (χ1v) is 15.2. The van der Waals surface area contributed by atoms with Crippen LogP contribution in [0.2, 0.25) is 0 Å². The minimum absolute atomic E-state index is 0.635. The summed E-state index contributed by atoms with van der Waals surface area (Å²) in [4.78, 5) is 0. The maximum Gasteiger partial charge on any atom is 0.777 e. The molecule has 212 valence electrons. The number of rotatable bonds is 0. The van der Waals surface area contributed by atoms with Gasteiger partial charge in [-0.1, -0.05) is 121 Å². The van der Waals surface area contributed by atoms with E-state index < -0.39 is 6.96 Å². The Morgan fingerprint density at radius 2 is 0.511 bits per heavy atom. The van der Waals surface area contributed by atoms with Crippen LogP contribution >= 0.6 is 0 Å². The summed E-state index contributed by atoms with van der Waals surface area (Å²) in [7, 11) is 0. The summed E-state index contributed by atoms with van der Waals surface area (Å²) in [6.45, 7) is -2.89. The molecule has 1 spiro atoms. The number of hydrogen-bond donors (Lipinski definition) is 0. The van der Waals surface area contributed by atoms with E-state index >= 15 is 0 Å². The van der Waals surface area contributed by atoms with Gasteiger partial charge in [0, 0.05) is 22.3 Å². The average Bonchev–Trinajstić information content (AvgIpc) is 3.32. The Morgan fingerprint density at radius 3 is 0.778 bits per heavy atom. The third-order valence-electron chi connectivity index (χ3n) is 9.15. The first-order valence-electron chi connectivity index (χ1n) is 15.2. The highest BCUT2D eigenvalue weighted by atomic mass is 16.9. The summed E-state index contributed by atoms with van der Waals surface area (Å²) in [5.74, 6) is 2.54. The predicted octanol–water partition coefficient (Wildman–Crippen LogP) is 10.3. The van der Waals surface area contributed by atoms with Gasteiger partial charge in [-0.15, -0.1) is 0 Å². The summed E-state index contributed by atoms with van der Waals surface area (Å²) in [5.41, 5.74) is 3.81. The minimum Gasteiger partial charge on any atom is -0.611 e. The summed E-state index contributed by atoms with van der Waals surface area (Å²) < 4.78 is 27.8. The summed E-state index contributed by atoms with van der Waals surface area (Å²) in [6.07, 6.45) is 0. The molecule has 10 rings (SSSR count). The monoisotopic (exact) mass is 579 g/mol. The third-order valence-corrected chi connectivity index (χ3v) is 9.15. The maximum absolute atomic E-state index is 6.94. The Hall–Kier alpha value is -5.94. The second kappa shape index (κ2) is 9.04. The van der Waals surface area contributed by atoms with Gasteiger partial charge < -0.3 is 18.6 Å². The summed E-state index contributed by atoms with van der Waals surface area (Å²) in [6, 6.07) is 49.8. The SMILES string of the molecule is c1ccc2c3c(ccc2c1)O[B-]1(Oc2ccc4ccccc4c2-3)Oc2ccc3ccccc3c2-c2c(ccc3ccccc23)O1. The van der Waals surface area contributed by atoms with E-state index in [2.05, 4.69) is 121 Å². The van der Waals surface area contributed by atoms with Crippen molar-refractivity contribution in [2.45, 2.75) is 0 Å². The van der Waals surface area contributed by atoms with Crippen molar-refractivity contribution in [3.63, 3.8) is 0 Å². The molecule has 0 atom stereocenters. The lowest BCUT2D eigenvalue weighted by Gasteiger charge is -2.39. The van der Waals surface area contributed by atoms with Gasteiger partial charge in [-0.2, -0.15) is 0 Å². The third kappa shape index (κ3) is 3.55. The molecule has 8 aromatic carbocycles. The highest BCUT2D eigenvalue weighted by Crippen LogP contribution is 2.53. The van der Waals surface area contributed by atoms with Crippen LogP contribution < -0.4 is 18.6 Å². The van der Waals surface area contributed by atoms with E-state index in [0.717, 1.165) is 65.3 Å². The Bertz CT molecular complexity index is 2170. The lowest BCUT2D eigenvalue weighted by molar-refractivity contribution is 0.167. The molecule has 0 N–H and O–H groups in total. The van der Waals surface area contributed by atoms with Gasteiger partial charge >= 0.3 is 6.96 Å². The highest BCUT2D eigenvalue weighted by molar-refractivity contribution is 6.58. The second-order valence-corrected chi connectivity index (χ2v) is 11.7. The van der Waals surface area contributed by atoms with Crippen LogP contribution in [0, 0.1) is 0 Å². The molecule has 0 fully saturated rings. The van der Waals surface area contributed by atoms with Crippen LogP contribution in [0.1, 0.15) is 0 Å². The maximum atomic E-state index is 6.94. The molecule has 0 saturated carbocycles. The molecule has 5 heteroatoms. The fraction of sp³-hybridized carbons (Fsp3) is 0. The minimum atomic E-state index is -2.89. The number of fused-ring (bicyclic) bond motifs is 14. The van der Waals surface area contributed by atoms with E-state index in [0.29, 0.717) is 23.0 Å². The Balaban J connectivity index is 1.30. The second-order valence-electron chi connectivity index (χ2n) is 11.7. The van der Waals surface area contributed by atoms with Crippen LogP contribution in [0.25, 0.3) is 65.3 Å². The van der Waals surface area contributed by atoms with Gasteiger partial charge in [-0.05, 0) is 67.4 Å². The first-order chi connectivity index (χ1) is 22.2. The molecule has 4 nitrogen and oxygen atoms in total. The predicted molar refractivity (Wildman–Crippen MR) is 182 cm³/mol. The molecule has 2 aliphatic rings. The first kappa shape index (κ1) is 24.5. The topological polar surface area (TPSA) is 36.9 Å². The molecule has 0 saturated heterocycles. The normalized spacial score (nSPS) is 14.2. The summed E-state index contributed by atoms with van der Waals surface area (Å²) in [5, 5.41) is 8.70. The van der Waals surface area contributed by atoms with Crippen molar-refractivity contribution < 1.29 is 18.6 Å². The lowest BCUT2D eigenvalue weighted by atomic mass is 9.92. The summed E-state index contributed by atoms with van der Waals surface area (Å²) >= 11 is 0. The quantitative estimate of drug-likeness (QED) is 0.168. The van der Waals surface area contributed by atoms with Gasteiger partial charge in [-0.3, -0.25) is 0 Å². The number of hydrogen-bond acceptors (Lipinski definition) is 4. The van der Waals surface area contributed by atoms with Crippen LogP contribution in [-0.2, 0) is 0 Å². The smallest absolute Gasteiger partial charge is 0.611 e. The van der Waals surface area contributed by atoms with E-state index in [1.165, 1.54) is 0 Å². The molecular formula is C40H24BO4-. The largest absolute Gasteiger partial charge is 0.777 e. The van der Waals surface area contributed by atoms with Gasteiger partial charge in [0.2, 0.25) is 0 Å². The molecule has 0 aromatic heterocycles. The number of benzene rings is 8. The molecule has 2 aliphatic heterocycles. The average molecular weight is 579 g/mol. The van der Waals surface area contributed by atoms with Gasteiger partial charge in [0.05, 0.1) is 23.0 Å². The molecule has 8 aromatic rings. The van der Waals surface area contributed by atoms with E-state index in [1.807, 2.05) is 24.3 Å². The van der Waals surface area contributed by atoms with Crippen molar-refractivity contribution in [3.05, 3.63) is 146 Å². The van der Waals surface area contributed by atoms with Crippen molar-refractivity contribution in [1.82, 2.24) is 0 Å². The zero-order valence-electron chi connectivity index (χ0n) is 24.1. The molecule has 0 aliphatic carbocycles. The Kier molecular flexibility index (Phi) is 4.92. The van der Waals surface area contributed by atoms with Crippen LogP contribution in [0.5, 0.6) is 23.0 Å². The molecule has 0 bridgehead atoms. The fourth-order valence-electron chi connectivity index (χ4n) is 7.20. The van der Waals surface area contributed by atoms with Gasteiger partial charge in [0.15, 0.2) is 0 Å². The van der Waals surface area contributed by atoms with Crippen LogP contribution in [-0.4, -0.2) is 6.96 Å². The van der Waals surface area contributed by atoms with Gasteiger partial charge in [0.1, 0.15) is 0 Å². The van der Waals surface area contributed by atoms with E-state index in [1.54, 1.807) is 0 Å². The molecule has 2 heterocycles. The highest BCUT2D eigenvalue weighted by Gasteiger charge is 2.48. The van der Waals surface area contributed by atoms with Crippen molar-refractivity contribution in [2.75, 3.05) is 0 Å². The zero-order chi connectivity index (χ0) is 29.5. The van der Waals surface area contributed by atoms with E-state index in [-0.39, 0.29) is 0 Å². The standard InChI is InChI=1S/C40H24BO4/c1-5-13-29-25(9-1)17-21-33-37(29)38-30-14-6-2-10-26(30)18-22-34(38)43-41(42-33)44-35-23-19-27-11-3-7-15-31(27)39(35)40-32-16-8-4-12-28(32)20-24-36(40)45-41/h1-24H/q-1. The Morgan fingerprint density at radius 1 is 0.267 bits per heavy atom. The Labute approximate surface area is 259 Å². The van der Waals surface area contributed by atoms with Crippen molar-refractivity contribution in [3.8, 4) is 45.3 Å². The van der Waals surface area contributed by atoms with Crippen molar-refractivity contribution in [1.29, 1.82) is 0 Å². The van der Waals surface area contributed by atoms with Gasteiger partial charge in [-0.25, -0.2) is 0 Å². The van der Waals surface area contributed by atoms with Crippen LogP contribution in [0.3, 0.4) is 0 Å². The van der Waals surface area contributed by atoms with E-state index in [9.17, 15) is 0 Å². The molecule has 0 amide bonds. The van der Waals surface area contributed by atoms with Crippen molar-refractivity contribution >= 4 is 50.0 Å². The lowest BCUT2D eigenvalue weighted by Crippen LogP contribution is -2.60. The molecular weight excluding hydrogens is 555 g/mol.